The predicted molar refractivity (Wildman–Crippen MR) is 92.4 cm³/mol. The summed E-state index contributed by atoms with van der Waals surface area (Å²) in [5, 5.41) is 9.44. The van der Waals surface area contributed by atoms with Crippen LogP contribution in [0.4, 0.5) is 5.69 Å². The van der Waals surface area contributed by atoms with Crippen LogP contribution in [0.5, 0.6) is 0 Å². The summed E-state index contributed by atoms with van der Waals surface area (Å²) in [7, 11) is 0. The summed E-state index contributed by atoms with van der Waals surface area (Å²) < 4.78 is 1.71. The zero-order valence-corrected chi connectivity index (χ0v) is 13.4. The Labute approximate surface area is 144 Å². The van der Waals surface area contributed by atoms with Crippen LogP contribution in [0.15, 0.2) is 73.3 Å². The average Bonchev–Trinajstić information content (AvgIpc) is 3.16. The molecule has 25 heavy (non-hydrogen) atoms. The van der Waals surface area contributed by atoms with Gasteiger partial charge in [0, 0.05) is 18.6 Å². The van der Waals surface area contributed by atoms with Crippen LogP contribution in [0.3, 0.4) is 0 Å². The highest BCUT2D eigenvalue weighted by Gasteiger charge is 2.20. The van der Waals surface area contributed by atoms with Gasteiger partial charge in [0.1, 0.15) is 0 Å². The lowest BCUT2D eigenvalue weighted by molar-refractivity contribution is -0.136. The molecule has 0 aliphatic carbocycles. The van der Waals surface area contributed by atoms with Crippen LogP contribution in [-0.4, -0.2) is 26.6 Å². The van der Waals surface area contributed by atoms with E-state index in [1.807, 2.05) is 30.3 Å². The Morgan fingerprint density at radius 2 is 1.84 bits per heavy atom. The van der Waals surface area contributed by atoms with Gasteiger partial charge < -0.3 is 10.6 Å². The highest BCUT2D eigenvalue weighted by molar-refractivity contribution is 6.39. The standard InChI is InChI=1S/C18H17N5O2/c24-17(21-15-8-4-9-19-12-15)18(25)22-16(13-23-11-5-10-20-23)14-6-2-1-3-7-14/h1-12,16H,13H2,(H,21,24)(H,22,25)/t16-/m1/s1. The van der Waals surface area contributed by atoms with Crippen molar-refractivity contribution in [3.05, 3.63) is 78.9 Å². The Bertz CT molecular complexity index is 819. The molecule has 3 aromatic rings. The third-order valence-electron chi connectivity index (χ3n) is 3.56. The molecule has 0 radical (unpaired) electrons. The minimum Gasteiger partial charge on any atom is -0.339 e. The molecule has 1 atom stereocenters. The zero-order valence-electron chi connectivity index (χ0n) is 13.4. The molecule has 2 N–H and O–H groups in total. The number of nitrogens with one attached hydrogen (secondary N) is 2. The van der Waals surface area contributed by atoms with E-state index in [0.717, 1.165) is 5.56 Å². The molecule has 0 spiro atoms. The lowest BCUT2D eigenvalue weighted by Crippen LogP contribution is -2.39. The van der Waals surface area contributed by atoms with Crippen LogP contribution in [0.2, 0.25) is 0 Å². The van der Waals surface area contributed by atoms with E-state index in [1.165, 1.54) is 6.20 Å². The van der Waals surface area contributed by atoms with Crippen LogP contribution in [0.25, 0.3) is 0 Å². The van der Waals surface area contributed by atoms with Crippen molar-refractivity contribution < 1.29 is 9.59 Å². The first-order chi connectivity index (χ1) is 12.2. The van der Waals surface area contributed by atoms with Crippen LogP contribution < -0.4 is 10.6 Å². The predicted octanol–water partition coefficient (Wildman–Crippen LogP) is 1.77. The number of amides is 2. The fourth-order valence-electron chi connectivity index (χ4n) is 2.36. The number of hydrogen-bond donors (Lipinski definition) is 2. The van der Waals surface area contributed by atoms with Crippen LogP contribution in [0, 0.1) is 0 Å². The number of pyridine rings is 1. The van der Waals surface area contributed by atoms with Crippen molar-refractivity contribution >= 4 is 17.5 Å². The van der Waals surface area contributed by atoms with Crippen molar-refractivity contribution in [2.45, 2.75) is 12.6 Å². The molecule has 0 aliphatic heterocycles. The molecular formula is C18H17N5O2. The Morgan fingerprint density at radius 3 is 2.52 bits per heavy atom. The number of anilines is 1. The van der Waals surface area contributed by atoms with Gasteiger partial charge in [0.25, 0.3) is 0 Å². The number of rotatable bonds is 5. The van der Waals surface area contributed by atoms with Crippen molar-refractivity contribution in [2.75, 3.05) is 5.32 Å². The molecule has 2 aromatic heterocycles. The van der Waals surface area contributed by atoms with Crippen LogP contribution in [-0.2, 0) is 16.1 Å². The molecule has 2 heterocycles. The van der Waals surface area contributed by atoms with Gasteiger partial charge in [-0.3, -0.25) is 19.3 Å². The SMILES string of the molecule is O=C(Nc1cccnc1)C(=O)N[C@H](Cn1cccn1)c1ccccc1. The Balaban J connectivity index is 1.70. The average molecular weight is 335 g/mol. The molecule has 0 bridgehead atoms. The van der Waals surface area contributed by atoms with Gasteiger partial charge in [-0.1, -0.05) is 30.3 Å². The molecule has 0 fully saturated rings. The monoisotopic (exact) mass is 335 g/mol. The van der Waals surface area contributed by atoms with E-state index in [4.69, 9.17) is 0 Å². The molecule has 7 nitrogen and oxygen atoms in total. The summed E-state index contributed by atoms with van der Waals surface area (Å²) in [5.41, 5.74) is 1.35. The molecule has 0 unspecified atom stereocenters. The maximum absolute atomic E-state index is 12.3. The van der Waals surface area contributed by atoms with Gasteiger partial charge in [-0.05, 0) is 23.8 Å². The lowest BCUT2D eigenvalue weighted by atomic mass is 10.1. The van der Waals surface area contributed by atoms with Gasteiger partial charge in [-0.25, -0.2) is 0 Å². The summed E-state index contributed by atoms with van der Waals surface area (Å²) in [4.78, 5) is 28.3. The highest BCUT2D eigenvalue weighted by atomic mass is 16.2. The normalized spacial score (nSPS) is 11.5. The third-order valence-corrected chi connectivity index (χ3v) is 3.56. The molecule has 1 aromatic carbocycles. The Hall–Kier alpha value is -3.48. The number of carbonyl (C=O) groups is 2. The third kappa shape index (κ3) is 4.51. The number of nitrogens with zero attached hydrogens (tertiary/aromatic N) is 3. The second-order valence-electron chi connectivity index (χ2n) is 5.36. The molecule has 3 rings (SSSR count). The summed E-state index contributed by atoms with van der Waals surface area (Å²) in [5.74, 6) is -1.46. The van der Waals surface area contributed by atoms with Gasteiger partial charge in [0.15, 0.2) is 0 Å². The number of benzene rings is 1. The number of hydrogen-bond acceptors (Lipinski definition) is 4. The van der Waals surface area contributed by atoms with Crippen LogP contribution in [0.1, 0.15) is 11.6 Å². The minimum atomic E-state index is -0.741. The summed E-state index contributed by atoms with van der Waals surface area (Å²) in [6.45, 7) is 0.420. The van der Waals surface area contributed by atoms with Gasteiger partial charge in [0.05, 0.1) is 24.5 Å². The fourth-order valence-corrected chi connectivity index (χ4v) is 2.36. The number of aromatic nitrogens is 3. The van der Waals surface area contributed by atoms with Crippen LogP contribution >= 0.6 is 0 Å². The largest absolute Gasteiger partial charge is 0.339 e. The molecule has 0 saturated heterocycles. The van der Waals surface area contributed by atoms with Crippen molar-refractivity contribution in [3.63, 3.8) is 0 Å². The van der Waals surface area contributed by atoms with E-state index in [0.29, 0.717) is 12.2 Å². The first-order valence-corrected chi connectivity index (χ1v) is 7.76. The molecular weight excluding hydrogens is 318 g/mol. The molecule has 0 aliphatic rings. The summed E-state index contributed by atoms with van der Waals surface area (Å²) in [6, 6.07) is 14.2. The molecule has 7 heteroatoms. The first kappa shape index (κ1) is 16.4. The van der Waals surface area contributed by atoms with Gasteiger partial charge in [-0.15, -0.1) is 0 Å². The smallest absolute Gasteiger partial charge is 0.313 e. The van der Waals surface area contributed by atoms with Crippen molar-refractivity contribution in [2.24, 2.45) is 0 Å². The second kappa shape index (κ2) is 7.87. The topological polar surface area (TPSA) is 88.9 Å². The lowest BCUT2D eigenvalue weighted by Gasteiger charge is -2.19. The van der Waals surface area contributed by atoms with E-state index in [9.17, 15) is 9.59 Å². The van der Waals surface area contributed by atoms with E-state index in [-0.39, 0.29) is 6.04 Å². The maximum atomic E-state index is 12.3. The van der Waals surface area contributed by atoms with E-state index in [2.05, 4.69) is 20.7 Å². The quantitative estimate of drug-likeness (QED) is 0.696. The summed E-state index contributed by atoms with van der Waals surface area (Å²) in [6.07, 6.45) is 6.53. The maximum Gasteiger partial charge on any atom is 0.313 e. The van der Waals surface area contributed by atoms with Gasteiger partial charge in [-0.2, -0.15) is 5.10 Å². The van der Waals surface area contributed by atoms with E-state index < -0.39 is 11.8 Å². The van der Waals surface area contributed by atoms with E-state index in [1.54, 1.807) is 41.5 Å². The zero-order chi connectivity index (χ0) is 17.5. The number of carbonyl (C=O) groups excluding carboxylic acids is 2. The first-order valence-electron chi connectivity index (χ1n) is 7.76. The Morgan fingerprint density at radius 1 is 1.00 bits per heavy atom. The van der Waals surface area contributed by atoms with Crippen molar-refractivity contribution in [1.82, 2.24) is 20.1 Å². The van der Waals surface area contributed by atoms with Crippen molar-refractivity contribution in [3.8, 4) is 0 Å². The second-order valence-corrected chi connectivity index (χ2v) is 5.36. The van der Waals surface area contributed by atoms with Gasteiger partial charge >= 0.3 is 11.8 Å². The van der Waals surface area contributed by atoms with Crippen molar-refractivity contribution in [1.29, 1.82) is 0 Å². The molecule has 126 valence electrons. The fraction of sp³-hybridized carbons (Fsp3) is 0.111. The molecule has 2 amide bonds. The summed E-state index contributed by atoms with van der Waals surface area (Å²) >= 11 is 0. The minimum absolute atomic E-state index is 0.381. The van der Waals surface area contributed by atoms with Gasteiger partial charge in [0.2, 0.25) is 0 Å². The van der Waals surface area contributed by atoms with E-state index >= 15 is 0 Å². The highest BCUT2D eigenvalue weighted by Crippen LogP contribution is 2.15. The molecule has 0 saturated carbocycles. The Kier molecular flexibility index (Phi) is 5.16.